The van der Waals surface area contributed by atoms with Crippen molar-refractivity contribution in [2.75, 3.05) is 7.05 Å². The van der Waals surface area contributed by atoms with Crippen molar-refractivity contribution in [3.8, 4) is 11.8 Å². The molecule has 0 atom stereocenters. The summed E-state index contributed by atoms with van der Waals surface area (Å²) < 4.78 is 19.4. The van der Waals surface area contributed by atoms with Crippen LogP contribution in [0.1, 0.15) is 11.3 Å². The molecule has 0 spiro atoms. The maximum absolute atomic E-state index is 13.4. The smallest absolute Gasteiger partial charge is 0.322 e. The van der Waals surface area contributed by atoms with Crippen molar-refractivity contribution in [1.82, 2.24) is 15.3 Å². The molecule has 0 fully saturated rings. The minimum Gasteiger partial charge on any atom is -0.423 e. The molecule has 20 heavy (non-hydrogen) atoms. The van der Waals surface area contributed by atoms with Crippen molar-refractivity contribution in [3.05, 3.63) is 44.9 Å². The lowest BCUT2D eigenvalue weighted by molar-refractivity contribution is 0.433. The van der Waals surface area contributed by atoms with Crippen LogP contribution in [0.2, 0.25) is 5.02 Å². The summed E-state index contributed by atoms with van der Waals surface area (Å²) in [5.74, 6) is -0.291. The largest absolute Gasteiger partial charge is 0.423 e. The number of hydrogen-bond donors (Lipinski definition) is 1. The highest BCUT2D eigenvalue weighted by molar-refractivity contribution is 9.10. The summed E-state index contributed by atoms with van der Waals surface area (Å²) >= 11 is 8.93. The van der Waals surface area contributed by atoms with E-state index in [2.05, 4.69) is 31.2 Å². The Hall–Kier alpha value is -1.24. The van der Waals surface area contributed by atoms with E-state index in [1.807, 2.05) is 14.0 Å². The van der Waals surface area contributed by atoms with Crippen molar-refractivity contribution in [1.29, 1.82) is 0 Å². The Balaban J connectivity index is 2.26. The molecule has 0 amide bonds. The zero-order valence-electron chi connectivity index (χ0n) is 10.9. The van der Waals surface area contributed by atoms with Crippen molar-refractivity contribution in [2.45, 2.75) is 13.5 Å². The molecule has 0 saturated carbocycles. The highest BCUT2D eigenvalue weighted by atomic mass is 79.9. The second-order valence-corrected chi connectivity index (χ2v) is 5.35. The second-order valence-electron chi connectivity index (χ2n) is 4.09. The van der Waals surface area contributed by atoms with Gasteiger partial charge in [-0.25, -0.2) is 9.37 Å². The fourth-order valence-electron chi connectivity index (χ4n) is 1.56. The van der Waals surface area contributed by atoms with Crippen LogP contribution in [0.25, 0.3) is 0 Å². The van der Waals surface area contributed by atoms with Crippen LogP contribution in [0.3, 0.4) is 0 Å². The zero-order valence-corrected chi connectivity index (χ0v) is 13.2. The van der Waals surface area contributed by atoms with E-state index in [4.69, 9.17) is 16.3 Å². The van der Waals surface area contributed by atoms with Crippen molar-refractivity contribution in [3.63, 3.8) is 0 Å². The number of aryl methyl sites for hydroxylation is 1. The molecule has 0 aliphatic rings. The molecule has 4 nitrogen and oxygen atoms in total. The number of hydrogen-bond acceptors (Lipinski definition) is 4. The van der Waals surface area contributed by atoms with Gasteiger partial charge < -0.3 is 10.1 Å². The Labute approximate surface area is 129 Å². The van der Waals surface area contributed by atoms with Gasteiger partial charge in [-0.05, 0) is 36.0 Å². The molecule has 0 bridgehead atoms. The van der Waals surface area contributed by atoms with E-state index in [9.17, 15) is 4.39 Å². The minimum atomic E-state index is -0.562. The summed E-state index contributed by atoms with van der Waals surface area (Å²) in [6.07, 6.45) is 1.67. The summed E-state index contributed by atoms with van der Waals surface area (Å²) in [4.78, 5) is 8.33. The molecule has 1 aromatic carbocycles. The lowest BCUT2D eigenvalue weighted by atomic mass is 10.2. The molecule has 0 unspecified atom stereocenters. The van der Waals surface area contributed by atoms with Crippen molar-refractivity contribution < 1.29 is 9.13 Å². The highest BCUT2D eigenvalue weighted by Gasteiger charge is 2.11. The predicted octanol–water partition coefficient (Wildman–Crippen LogP) is 3.85. The molecule has 0 saturated heterocycles. The number of rotatable bonds is 4. The number of halogens is 3. The number of benzene rings is 1. The molecule has 106 valence electrons. The number of aromatic nitrogens is 2. The van der Waals surface area contributed by atoms with Crippen LogP contribution in [0.15, 0.2) is 22.8 Å². The first-order valence-corrected chi connectivity index (χ1v) is 6.98. The van der Waals surface area contributed by atoms with Gasteiger partial charge in [0.15, 0.2) is 0 Å². The van der Waals surface area contributed by atoms with Crippen LogP contribution >= 0.6 is 27.5 Å². The van der Waals surface area contributed by atoms with Gasteiger partial charge in [0.1, 0.15) is 11.6 Å². The van der Waals surface area contributed by atoms with E-state index in [0.717, 1.165) is 11.3 Å². The lowest BCUT2D eigenvalue weighted by Crippen LogP contribution is -2.08. The van der Waals surface area contributed by atoms with E-state index >= 15 is 0 Å². The number of nitrogens with zero attached hydrogens (tertiary/aromatic N) is 2. The average molecular weight is 361 g/mol. The molecule has 0 radical (unpaired) electrons. The molecule has 0 aliphatic heterocycles. The Morgan fingerprint density at radius 2 is 2.20 bits per heavy atom. The first-order valence-electron chi connectivity index (χ1n) is 5.80. The Kier molecular flexibility index (Phi) is 4.91. The summed E-state index contributed by atoms with van der Waals surface area (Å²) in [6, 6.07) is 2.77. The number of ether oxygens (including phenoxy) is 1. The molecule has 1 N–H and O–H groups in total. The molecule has 7 heteroatoms. The van der Waals surface area contributed by atoms with Gasteiger partial charge in [0.25, 0.3) is 0 Å². The normalized spacial score (nSPS) is 10.7. The Morgan fingerprint density at radius 3 is 2.85 bits per heavy atom. The van der Waals surface area contributed by atoms with E-state index in [1.54, 1.807) is 6.20 Å². The molecule has 2 aromatic rings. The van der Waals surface area contributed by atoms with Crippen LogP contribution in [-0.2, 0) is 6.54 Å². The van der Waals surface area contributed by atoms with Crippen LogP contribution in [0.5, 0.6) is 11.8 Å². The van der Waals surface area contributed by atoms with E-state index in [-0.39, 0.29) is 16.8 Å². The summed E-state index contributed by atoms with van der Waals surface area (Å²) in [5.41, 5.74) is 1.77. The van der Waals surface area contributed by atoms with Crippen LogP contribution < -0.4 is 10.1 Å². The van der Waals surface area contributed by atoms with Gasteiger partial charge in [-0.1, -0.05) is 11.6 Å². The van der Waals surface area contributed by atoms with Gasteiger partial charge in [-0.3, -0.25) is 0 Å². The molecule has 0 aliphatic carbocycles. The monoisotopic (exact) mass is 359 g/mol. The van der Waals surface area contributed by atoms with Crippen molar-refractivity contribution in [2.24, 2.45) is 0 Å². The van der Waals surface area contributed by atoms with Gasteiger partial charge >= 0.3 is 6.01 Å². The molecular formula is C13H12BrClFN3O. The molecule has 1 aromatic heterocycles. The van der Waals surface area contributed by atoms with Gasteiger partial charge in [-0.2, -0.15) is 4.98 Å². The fraction of sp³-hybridized carbons (Fsp3) is 0.231. The minimum absolute atomic E-state index is 0.0192. The standard InChI is InChI=1S/C13H12BrClFN3O/c1-7-8(5-17-2)6-18-13(19-7)20-12-4-11(16)10(15)3-9(12)14/h3-4,6,17H,5H2,1-2H3. The summed E-state index contributed by atoms with van der Waals surface area (Å²) in [6.45, 7) is 2.53. The van der Waals surface area contributed by atoms with E-state index in [0.29, 0.717) is 11.0 Å². The third-order valence-corrected chi connectivity index (χ3v) is 3.51. The summed E-state index contributed by atoms with van der Waals surface area (Å²) in [5, 5.41) is 3.04. The topological polar surface area (TPSA) is 47.0 Å². The quantitative estimate of drug-likeness (QED) is 0.841. The van der Waals surface area contributed by atoms with E-state index in [1.165, 1.54) is 12.1 Å². The first-order chi connectivity index (χ1) is 9.51. The maximum Gasteiger partial charge on any atom is 0.322 e. The van der Waals surface area contributed by atoms with Crippen molar-refractivity contribution >= 4 is 27.5 Å². The Bertz CT molecular complexity index is 639. The van der Waals surface area contributed by atoms with Gasteiger partial charge in [0.05, 0.1) is 9.50 Å². The predicted molar refractivity (Wildman–Crippen MR) is 78.7 cm³/mol. The molecular weight excluding hydrogens is 349 g/mol. The average Bonchev–Trinajstić information content (AvgIpc) is 2.39. The number of nitrogens with one attached hydrogen (secondary N) is 1. The van der Waals surface area contributed by atoms with Crippen LogP contribution in [-0.4, -0.2) is 17.0 Å². The van der Waals surface area contributed by atoms with Gasteiger partial charge in [-0.15, -0.1) is 0 Å². The van der Waals surface area contributed by atoms with Crippen LogP contribution in [0.4, 0.5) is 4.39 Å². The summed E-state index contributed by atoms with van der Waals surface area (Å²) in [7, 11) is 1.84. The fourth-order valence-corrected chi connectivity index (χ4v) is 2.28. The third kappa shape index (κ3) is 3.45. The zero-order chi connectivity index (χ0) is 14.7. The second kappa shape index (κ2) is 6.47. The highest BCUT2D eigenvalue weighted by Crippen LogP contribution is 2.32. The maximum atomic E-state index is 13.4. The Morgan fingerprint density at radius 1 is 1.45 bits per heavy atom. The van der Waals surface area contributed by atoms with E-state index < -0.39 is 5.82 Å². The van der Waals surface area contributed by atoms with Crippen LogP contribution in [0, 0.1) is 12.7 Å². The third-order valence-electron chi connectivity index (χ3n) is 2.60. The first kappa shape index (κ1) is 15.2. The molecule has 1 heterocycles. The van der Waals surface area contributed by atoms with Gasteiger partial charge in [0, 0.05) is 30.1 Å². The SMILES string of the molecule is CNCc1cnc(Oc2cc(F)c(Cl)cc2Br)nc1C. The molecule has 2 rings (SSSR count). The van der Waals surface area contributed by atoms with Gasteiger partial charge in [0.2, 0.25) is 0 Å². The lowest BCUT2D eigenvalue weighted by Gasteiger charge is -2.09.